The van der Waals surface area contributed by atoms with Crippen LogP contribution in [0.2, 0.25) is 0 Å². The van der Waals surface area contributed by atoms with Gasteiger partial charge in [0.05, 0.1) is 13.2 Å². The second-order valence-corrected chi connectivity index (χ2v) is 7.34. The average molecular weight is 408 g/mol. The molecule has 1 aromatic rings. The molecule has 0 aromatic heterocycles. The van der Waals surface area contributed by atoms with Crippen LogP contribution in [0.5, 0.6) is 11.5 Å². The molecule has 1 fully saturated rings. The first-order valence-electron chi connectivity index (χ1n) is 10.2. The van der Waals surface area contributed by atoms with E-state index in [0.717, 1.165) is 25.7 Å². The zero-order chi connectivity index (χ0) is 21.1. The molecule has 1 aliphatic rings. The Bertz CT molecular complexity index is 654. The number of aliphatic hydroxyl groups excluding tert-OH is 1. The maximum absolute atomic E-state index is 12.1. The predicted molar refractivity (Wildman–Crippen MR) is 108 cm³/mol. The number of carboxylic acids is 1. The van der Waals surface area contributed by atoms with Gasteiger partial charge in [0, 0.05) is 25.6 Å². The van der Waals surface area contributed by atoms with Gasteiger partial charge in [0.1, 0.15) is 6.61 Å². The van der Waals surface area contributed by atoms with Crippen LogP contribution in [0.1, 0.15) is 44.9 Å². The summed E-state index contributed by atoms with van der Waals surface area (Å²) in [6.45, 7) is 1.24. The van der Waals surface area contributed by atoms with Crippen molar-refractivity contribution in [2.75, 3.05) is 26.8 Å². The first kappa shape index (κ1) is 22.8. The second-order valence-electron chi connectivity index (χ2n) is 7.34. The standard InChI is InChI=1S/C21H32N2O6/c1-28-18-9-6-7-10-19(18)29-15-17(24)12-13-23-14-16(22-21(23)27)8-4-2-3-5-11-20(25)26/h6-7,9-10,16-17,24H,2-5,8,11-15H2,1H3,(H,22,27)(H,25,26). The Balaban J connectivity index is 1.61. The predicted octanol–water partition coefficient (Wildman–Crippen LogP) is 2.64. The van der Waals surface area contributed by atoms with Crippen molar-refractivity contribution in [1.82, 2.24) is 10.2 Å². The molecule has 1 heterocycles. The summed E-state index contributed by atoms with van der Waals surface area (Å²) in [7, 11) is 1.57. The molecule has 2 amide bonds. The summed E-state index contributed by atoms with van der Waals surface area (Å²) in [4.78, 5) is 24.3. The summed E-state index contributed by atoms with van der Waals surface area (Å²) in [5, 5.41) is 21.8. The highest BCUT2D eigenvalue weighted by atomic mass is 16.5. The lowest BCUT2D eigenvalue weighted by Gasteiger charge is -2.18. The quantitative estimate of drug-likeness (QED) is 0.409. The lowest BCUT2D eigenvalue weighted by Crippen LogP contribution is -2.32. The monoisotopic (exact) mass is 408 g/mol. The molecule has 8 heteroatoms. The number of nitrogens with one attached hydrogen (secondary N) is 1. The van der Waals surface area contributed by atoms with Crippen molar-refractivity contribution in [2.45, 2.75) is 57.1 Å². The van der Waals surface area contributed by atoms with Gasteiger partial charge in [-0.05, 0) is 31.4 Å². The van der Waals surface area contributed by atoms with Crippen LogP contribution >= 0.6 is 0 Å². The first-order valence-corrected chi connectivity index (χ1v) is 10.2. The third-order valence-electron chi connectivity index (χ3n) is 4.98. The van der Waals surface area contributed by atoms with E-state index >= 15 is 0 Å². The highest BCUT2D eigenvalue weighted by molar-refractivity contribution is 5.76. The van der Waals surface area contributed by atoms with Gasteiger partial charge in [0.15, 0.2) is 11.5 Å². The summed E-state index contributed by atoms with van der Waals surface area (Å²) in [5.74, 6) is 0.444. The summed E-state index contributed by atoms with van der Waals surface area (Å²) in [5.41, 5.74) is 0. The number of ether oxygens (including phenoxy) is 2. The molecule has 2 atom stereocenters. The van der Waals surface area contributed by atoms with Crippen LogP contribution in [0.3, 0.4) is 0 Å². The number of hydrogen-bond donors (Lipinski definition) is 3. The highest BCUT2D eigenvalue weighted by Gasteiger charge is 2.28. The van der Waals surface area contributed by atoms with Crippen molar-refractivity contribution in [3.8, 4) is 11.5 Å². The van der Waals surface area contributed by atoms with Crippen LogP contribution in [0, 0.1) is 0 Å². The number of rotatable bonds is 14. The van der Waals surface area contributed by atoms with Gasteiger partial charge in [-0.25, -0.2) is 4.79 Å². The minimum atomic E-state index is -0.751. The molecule has 0 spiro atoms. The SMILES string of the molecule is COc1ccccc1OCC(O)CCN1CC(CCCCCCC(=O)O)NC1=O. The Morgan fingerprint density at radius 1 is 1.24 bits per heavy atom. The largest absolute Gasteiger partial charge is 0.493 e. The Hall–Kier alpha value is -2.48. The topological polar surface area (TPSA) is 108 Å². The molecular formula is C21H32N2O6. The summed E-state index contributed by atoms with van der Waals surface area (Å²) >= 11 is 0. The molecular weight excluding hydrogens is 376 g/mol. The zero-order valence-electron chi connectivity index (χ0n) is 17.0. The average Bonchev–Trinajstić information content (AvgIpc) is 3.06. The van der Waals surface area contributed by atoms with Crippen molar-refractivity contribution in [2.24, 2.45) is 0 Å². The van der Waals surface area contributed by atoms with E-state index in [4.69, 9.17) is 14.6 Å². The van der Waals surface area contributed by atoms with Crippen molar-refractivity contribution < 1.29 is 29.3 Å². The Morgan fingerprint density at radius 2 is 1.97 bits per heavy atom. The lowest BCUT2D eigenvalue weighted by atomic mass is 10.1. The minimum absolute atomic E-state index is 0.0984. The third-order valence-corrected chi connectivity index (χ3v) is 4.98. The van der Waals surface area contributed by atoms with Crippen molar-refractivity contribution in [1.29, 1.82) is 0 Å². The number of carboxylic acid groups (broad SMARTS) is 1. The smallest absolute Gasteiger partial charge is 0.317 e. The molecule has 162 valence electrons. The van der Waals surface area contributed by atoms with Gasteiger partial charge in [-0.1, -0.05) is 31.4 Å². The molecule has 0 radical (unpaired) electrons. The fraction of sp³-hybridized carbons (Fsp3) is 0.619. The van der Waals surface area contributed by atoms with Crippen molar-refractivity contribution >= 4 is 12.0 Å². The Morgan fingerprint density at radius 3 is 2.69 bits per heavy atom. The summed E-state index contributed by atoms with van der Waals surface area (Å²) in [6.07, 6.45) is 4.39. The fourth-order valence-corrected chi connectivity index (χ4v) is 3.35. The number of carbonyl (C=O) groups excluding carboxylic acids is 1. The van der Waals surface area contributed by atoms with Gasteiger partial charge in [0.25, 0.3) is 0 Å². The van der Waals surface area contributed by atoms with E-state index in [2.05, 4.69) is 5.32 Å². The number of para-hydroxylation sites is 2. The first-order chi connectivity index (χ1) is 14.0. The molecule has 0 aliphatic carbocycles. The number of urea groups is 1. The van der Waals surface area contributed by atoms with Gasteiger partial charge in [0.2, 0.25) is 0 Å². The molecule has 1 saturated heterocycles. The molecule has 1 aliphatic heterocycles. The van der Waals surface area contributed by atoms with Gasteiger partial charge in [-0.3, -0.25) is 4.79 Å². The van der Waals surface area contributed by atoms with Gasteiger partial charge < -0.3 is 29.9 Å². The molecule has 0 bridgehead atoms. The van der Waals surface area contributed by atoms with E-state index in [-0.39, 0.29) is 25.1 Å². The number of methoxy groups -OCH3 is 1. The van der Waals surface area contributed by atoms with E-state index in [1.165, 1.54) is 0 Å². The normalized spacial score (nSPS) is 17.1. The van der Waals surface area contributed by atoms with Gasteiger partial charge in [-0.2, -0.15) is 0 Å². The van der Waals surface area contributed by atoms with Crippen LogP contribution in [-0.2, 0) is 4.79 Å². The van der Waals surface area contributed by atoms with E-state index in [0.29, 0.717) is 37.4 Å². The Labute approximate surface area is 171 Å². The van der Waals surface area contributed by atoms with E-state index in [1.54, 1.807) is 24.1 Å². The number of hydrogen-bond acceptors (Lipinski definition) is 5. The van der Waals surface area contributed by atoms with E-state index in [1.807, 2.05) is 12.1 Å². The molecule has 8 nitrogen and oxygen atoms in total. The number of nitrogens with zero attached hydrogens (tertiary/aromatic N) is 1. The fourth-order valence-electron chi connectivity index (χ4n) is 3.35. The highest BCUT2D eigenvalue weighted by Crippen LogP contribution is 2.26. The van der Waals surface area contributed by atoms with E-state index < -0.39 is 12.1 Å². The summed E-state index contributed by atoms with van der Waals surface area (Å²) in [6, 6.07) is 7.28. The van der Waals surface area contributed by atoms with Crippen LogP contribution in [-0.4, -0.2) is 66.1 Å². The van der Waals surface area contributed by atoms with E-state index in [9.17, 15) is 14.7 Å². The second kappa shape index (κ2) is 12.2. The molecule has 1 aromatic carbocycles. The number of benzene rings is 1. The van der Waals surface area contributed by atoms with Crippen LogP contribution in [0.25, 0.3) is 0 Å². The van der Waals surface area contributed by atoms with Crippen LogP contribution in [0.15, 0.2) is 24.3 Å². The van der Waals surface area contributed by atoms with Crippen LogP contribution in [0.4, 0.5) is 4.79 Å². The number of aliphatic carboxylic acids is 1. The zero-order valence-corrected chi connectivity index (χ0v) is 17.0. The third kappa shape index (κ3) is 8.19. The summed E-state index contributed by atoms with van der Waals surface area (Å²) < 4.78 is 10.8. The number of amides is 2. The van der Waals surface area contributed by atoms with Crippen LogP contribution < -0.4 is 14.8 Å². The maximum Gasteiger partial charge on any atom is 0.317 e. The van der Waals surface area contributed by atoms with Crippen molar-refractivity contribution in [3.63, 3.8) is 0 Å². The molecule has 3 N–H and O–H groups in total. The van der Waals surface area contributed by atoms with Gasteiger partial charge >= 0.3 is 12.0 Å². The van der Waals surface area contributed by atoms with Crippen molar-refractivity contribution in [3.05, 3.63) is 24.3 Å². The molecule has 2 rings (SSSR count). The Kier molecular flexibility index (Phi) is 9.56. The maximum atomic E-state index is 12.1. The minimum Gasteiger partial charge on any atom is -0.493 e. The molecule has 2 unspecified atom stereocenters. The number of aliphatic hydroxyl groups is 1. The lowest BCUT2D eigenvalue weighted by molar-refractivity contribution is -0.137. The molecule has 29 heavy (non-hydrogen) atoms. The number of carbonyl (C=O) groups is 2. The number of unbranched alkanes of at least 4 members (excludes halogenated alkanes) is 3. The molecule has 0 saturated carbocycles. The van der Waals surface area contributed by atoms with Gasteiger partial charge in [-0.15, -0.1) is 0 Å².